The first-order chi connectivity index (χ1) is 8.95. The van der Waals surface area contributed by atoms with Crippen LogP contribution in [0.3, 0.4) is 0 Å². The van der Waals surface area contributed by atoms with Crippen molar-refractivity contribution in [3.63, 3.8) is 0 Å². The van der Waals surface area contributed by atoms with E-state index in [9.17, 15) is 9.59 Å². The van der Waals surface area contributed by atoms with Gasteiger partial charge >= 0.3 is 0 Å². The first-order valence-corrected chi connectivity index (χ1v) is 6.15. The van der Waals surface area contributed by atoms with Gasteiger partial charge in [-0.25, -0.2) is 0 Å². The number of halogens is 2. The van der Waals surface area contributed by atoms with Gasteiger partial charge < -0.3 is 9.88 Å². The molecule has 0 aliphatic carbocycles. The zero-order valence-electron chi connectivity index (χ0n) is 9.98. The third-order valence-electron chi connectivity index (χ3n) is 2.49. The van der Waals surface area contributed by atoms with Gasteiger partial charge in [-0.3, -0.25) is 9.59 Å². The molecule has 0 unspecified atom stereocenters. The maximum atomic E-state index is 12.0. The highest BCUT2D eigenvalue weighted by atomic mass is 35.5. The Bertz CT molecular complexity index is 675. The minimum Gasteiger partial charge on any atom is -0.322 e. The van der Waals surface area contributed by atoms with Crippen molar-refractivity contribution in [2.24, 2.45) is 7.05 Å². The summed E-state index contributed by atoms with van der Waals surface area (Å²) in [7, 11) is 1.61. The molecule has 1 amide bonds. The number of pyridine rings is 1. The largest absolute Gasteiger partial charge is 0.322 e. The van der Waals surface area contributed by atoms with Crippen molar-refractivity contribution < 1.29 is 4.79 Å². The van der Waals surface area contributed by atoms with Crippen molar-refractivity contribution in [3.8, 4) is 0 Å². The quantitative estimate of drug-likeness (QED) is 0.926. The van der Waals surface area contributed by atoms with Crippen LogP contribution in [0.15, 0.2) is 41.3 Å². The second kappa shape index (κ2) is 5.47. The average molecular weight is 297 g/mol. The molecule has 2 rings (SSSR count). The standard InChI is InChI=1S/C13H10Cl2N2O2/c1-17-3-2-8(4-12(17)18)13(19)16-11-6-9(14)5-10(15)7-11/h2-7H,1H3,(H,16,19). The lowest BCUT2D eigenvalue weighted by molar-refractivity contribution is 0.102. The van der Waals surface area contributed by atoms with Crippen molar-refractivity contribution in [3.05, 3.63) is 62.5 Å². The molecule has 0 saturated heterocycles. The fourth-order valence-electron chi connectivity index (χ4n) is 1.52. The van der Waals surface area contributed by atoms with Gasteiger partial charge in [-0.15, -0.1) is 0 Å². The van der Waals surface area contributed by atoms with E-state index < -0.39 is 5.91 Å². The highest BCUT2D eigenvalue weighted by Crippen LogP contribution is 2.22. The lowest BCUT2D eigenvalue weighted by Gasteiger charge is -2.06. The molecule has 1 aromatic heterocycles. The Kier molecular flexibility index (Phi) is 3.93. The Morgan fingerprint density at radius 2 is 1.79 bits per heavy atom. The lowest BCUT2D eigenvalue weighted by Crippen LogP contribution is -2.19. The van der Waals surface area contributed by atoms with Crippen molar-refractivity contribution in [2.75, 3.05) is 5.32 Å². The van der Waals surface area contributed by atoms with E-state index in [0.717, 1.165) is 0 Å². The van der Waals surface area contributed by atoms with E-state index in [1.54, 1.807) is 31.3 Å². The molecule has 0 aliphatic heterocycles. The fourth-order valence-corrected chi connectivity index (χ4v) is 2.05. The van der Waals surface area contributed by atoms with Gasteiger partial charge in [0.25, 0.3) is 11.5 Å². The number of benzene rings is 1. The van der Waals surface area contributed by atoms with Crippen LogP contribution in [0.25, 0.3) is 0 Å². The minimum atomic E-state index is -0.393. The van der Waals surface area contributed by atoms with Crippen LogP contribution in [0.4, 0.5) is 5.69 Å². The van der Waals surface area contributed by atoms with Gasteiger partial charge in [-0.1, -0.05) is 23.2 Å². The summed E-state index contributed by atoms with van der Waals surface area (Å²) in [5, 5.41) is 3.48. The summed E-state index contributed by atoms with van der Waals surface area (Å²) in [5.41, 5.74) is 0.499. The van der Waals surface area contributed by atoms with Gasteiger partial charge in [0.2, 0.25) is 0 Å². The van der Waals surface area contributed by atoms with Crippen molar-refractivity contribution in [1.82, 2.24) is 4.57 Å². The van der Waals surface area contributed by atoms with Crippen LogP contribution in [0.1, 0.15) is 10.4 Å². The molecule has 0 spiro atoms. The van der Waals surface area contributed by atoms with Gasteiger partial charge in [0.15, 0.2) is 0 Å². The maximum Gasteiger partial charge on any atom is 0.255 e. The number of carbonyl (C=O) groups is 1. The second-order valence-electron chi connectivity index (χ2n) is 3.98. The highest BCUT2D eigenvalue weighted by molar-refractivity contribution is 6.35. The predicted molar refractivity (Wildman–Crippen MR) is 76.1 cm³/mol. The number of aromatic nitrogens is 1. The number of nitrogens with one attached hydrogen (secondary N) is 1. The second-order valence-corrected chi connectivity index (χ2v) is 4.85. The van der Waals surface area contributed by atoms with Crippen LogP contribution < -0.4 is 10.9 Å². The minimum absolute atomic E-state index is 0.253. The zero-order chi connectivity index (χ0) is 14.0. The summed E-state index contributed by atoms with van der Waals surface area (Å²) in [4.78, 5) is 23.4. The molecular formula is C13H10Cl2N2O2. The van der Waals surface area contributed by atoms with Crippen LogP contribution in [0, 0.1) is 0 Å². The third kappa shape index (κ3) is 3.36. The average Bonchev–Trinajstić information content (AvgIpc) is 2.31. The molecule has 1 aromatic carbocycles. The fraction of sp³-hybridized carbons (Fsp3) is 0.0769. The van der Waals surface area contributed by atoms with E-state index in [-0.39, 0.29) is 11.1 Å². The summed E-state index contributed by atoms with van der Waals surface area (Å²) in [6, 6.07) is 7.54. The molecule has 2 aromatic rings. The normalized spacial score (nSPS) is 10.3. The topological polar surface area (TPSA) is 51.1 Å². The number of hydrogen-bond acceptors (Lipinski definition) is 2. The molecule has 19 heavy (non-hydrogen) atoms. The van der Waals surface area contributed by atoms with Crippen molar-refractivity contribution >= 4 is 34.8 Å². The van der Waals surface area contributed by atoms with E-state index in [1.807, 2.05) is 0 Å². The number of carbonyl (C=O) groups excluding carboxylic acids is 1. The molecule has 6 heteroatoms. The number of nitrogens with zero attached hydrogens (tertiary/aromatic N) is 1. The molecule has 0 radical (unpaired) electrons. The van der Waals surface area contributed by atoms with Gasteiger partial charge in [0.1, 0.15) is 0 Å². The summed E-state index contributed by atoms with van der Waals surface area (Å²) in [6.45, 7) is 0. The van der Waals surface area contributed by atoms with Crippen LogP contribution in [0.5, 0.6) is 0 Å². The van der Waals surface area contributed by atoms with E-state index in [2.05, 4.69) is 5.32 Å². The van der Waals surface area contributed by atoms with Gasteiger partial charge in [-0.05, 0) is 24.3 Å². The molecule has 1 heterocycles. The first-order valence-electron chi connectivity index (χ1n) is 5.40. The Balaban J connectivity index is 2.25. The molecule has 0 aliphatic rings. The Morgan fingerprint density at radius 1 is 1.16 bits per heavy atom. The summed E-state index contributed by atoms with van der Waals surface area (Å²) in [5.74, 6) is -0.393. The molecule has 0 atom stereocenters. The molecule has 0 fully saturated rings. The molecule has 0 bridgehead atoms. The Morgan fingerprint density at radius 3 is 2.37 bits per heavy atom. The molecule has 1 N–H and O–H groups in total. The van der Waals surface area contributed by atoms with Gasteiger partial charge in [0, 0.05) is 40.6 Å². The third-order valence-corrected chi connectivity index (χ3v) is 2.92. The van der Waals surface area contributed by atoms with Crippen LogP contribution >= 0.6 is 23.2 Å². The lowest BCUT2D eigenvalue weighted by atomic mass is 10.2. The van der Waals surface area contributed by atoms with Crippen LogP contribution in [-0.2, 0) is 7.05 Å². The Hall–Kier alpha value is -1.78. The predicted octanol–water partition coefficient (Wildman–Crippen LogP) is 2.94. The highest BCUT2D eigenvalue weighted by Gasteiger charge is 2.08. The number of rotatable bonds is 2. The monoisotopic (exact) mass is 296 g/mol. The van der Waals surface area contributed by atoms with E-state index >= 15 is 0 Å². The van der Waals surface area contributed by atoms with Gasteiger partial charge in [-0.2, -0.15) is 0 Å². The summed E-state index contributed by atoms with van der Waals surface area (Å²) < 4.78 is 1.38. The number of aryl methyl sites for hydroxylation is 1. The maximum absolute atomic E-state index is 12.0. The number of amides is 1. The van der Waals surface area contributed by atoms with Crippen LogP contribution in [-0.4, -0.2) is 10.5 Å². The SMILES string of the molecule is Cn1ccc(C(=O)Nc2cc(Cl)cc(Cl)c2)cc1=O. The first kappa shape index (κ1) is 13.6. The van der Waals surface area contributed by atoms with E-state index in [1.165, 1.54) is 16.8 Å². The molecule has 0 saturated carbocycles. The Labute approximate surface area is 119 Å². The van der Waals surface area contributed by atoms with Crippen molar-refractivity contribution in [2.45, 2.75) is 0 Å². The molecule has 98 valence electrons. The molecular weight excluding hydrogens is 287 g/mol. The van der Waals surface area contributed by atoms with Crippen LogP contribution in [0.2, 0.25) is 10.0 Å². The zero-order valence-corrected chi connectivity index (χ0v) is 11.5. The smallest absolute Gasteiger partial charge is 0.255 e. The summed E-state index contributed by atoms with van der Waals surface area (Å²) in [6.07, 6.45) is 1.53. The van der Waals surface area contributed by atoms with E-state index in [4.69, 9.17) is 23.2 Å². The van der Waals surface area contributed by atoms with E-state index in [0.29, 0.717) is 15.7 Å². The number of anilines is 1. The van der Waals surface area contributed by atoms with Gasteiger partial charge in [0.05, 0.1) is 0 Å². The summed E-state index contributed by atoms with van der Waals surface area (Å²) >= 11 is 11.7. The number of hydrogen-bond donors (Lipinski definition) is 1. The molecule has 4 nitrogen and oxygen atoms in total. The van der Waals surface area contributed by atoms with Crippen molar-refractivity contribution in [1.29, 1.82) is 0 Å².